The number of aromatic carboxylic acids is 1. The molecule has 1 fully saturated rings. The van der Waals surface area contributed by atoms with Crippen LogP contribution in [0.15, 0.2) is 24.3 Å². The summed E-state index contributed by atoms with van der Waals surface area (Å²) in [5, 5.41) is 11.9. The van der Waals surface area contributed by atoms with Crippen molar-refractivity contribution in [3.63, 3.8) is 0 Å². The fourth-order valence-corrected chi connectivity index (χ4v) is 2.49. The topological polar surface area (TPSA) is 75.6 Å². The third kappa shape index (κ3) is 4.04. The number of carboxylic acid groups (broad SMARTS) is 1. The highest BCUT2D eigenvalue weighted by atomic mass is 16.5. The van der Waals surface area contributed by atoms with Gasteiger partial charge in [0, 0.05) is 18.2 Å². The molecule has 0 saturated carbocycles. The van der Waals surface area contributed by atoms with E-state index >= 15 is 0 Å². The third-order valence-electron chi connectivity index (χ3n) is 3.77. The first-order valence-electron chi connectivity index (χ1n) is 7.23. The minimum absolute atomic E-state index is 0.0761. The van der Waals surface area contributed by atoms with Crippen LogP contribution < -0.4 is 5.32 Å². The summed E-state index contributed by atoms with van der Waals surface area (Å²) in [7, 11) is 0. The van der Waals surface area contributed by atoms with E-state index in [0.717, 1.165) is 12.8 Å². The molecule has 2 rings (SSSR count). The van der Waals surface area contributed by atoms with Crippen LogP contribution in [-0.2, 0) is 4.74 Å². The zero-order valence-electron chi connectivity index (χ0n) is 12.3. The average molecular weight is 291 g/mol. The summed E-state index contributed by atoms with van der Waals surface area (Å²) in [5.74, 6) is -0.844. The summed E-state index contributed by atoms with van der Waals surface area (Å²) in [4.78, 5) is 23.2. The smallest absolute Gasteiger partial charge is 0.335 e. The normalized spacial score (nSPS) is 22.0. The second-order valence-corrected chi connectivity index (χ2v) is 5.73. The van der Waals surface area contributed by atoms with Crippen molar-refractivity contribution in [2.24, 2.45) is 5.92 Å². The molecule has 2 N–H and O–H groups in total. The first-order valence-corrected chi connectivity index (χ1v) is 7.23. The molecule has 0 bridgehead atoms. The molecule has 1 aromatic carbocycles. The van der Waals surface area contributed by atoms with Gasteiger partial charge in [0.15, 0.2) is 0 Å². The monoisotopic (exact) mass is 291 g/mol. The Morgan fingerprint density at radius 2 is 2.05 bits per heavy atom. The summed E-state index contributed by atoms with van der Waals surface area (Å²) >= 11 is 0. The average Bonchev–Trinajstić information content (AvgIpc) is 2.47. The summed E-state index contributed by atoms with van der Waals surface area (Å²) in [6, 6.07) is 6.16. The standard InChI is InChI=1S/C16H21NO4/c1-10(2)14-9-13(6-7-21-14)17-15(18)11-4-3-5-12(8-11)16(19)20/h3-5,8,10,13-14H,6-7,9H2,1-2H3,(H,17,18)(H,19,20). The molecule has 5 heteroatoms. The first-order chi connectivity index (χ1) is 9.97. The third-order valence-corrected chi connectivity index (χ3v) is 3.77. The number of nitrogens with one attached hydrogen (secondary N) is 1. The molecule has 2 atom stereocenters. The molecule has 0 radical (unpaired) electrons. The number of amides is 1. The van der Waals surface area contributed by atoms with Gasteiger partial charge >= 0.3 is 5.97 Å². The van der Waals surface area contributed by atoms with E-state index < -0.39 is 5.97 Å². The molecule has 1 saturated heterocycles. The molecule has 21 heavy (non-hydrogen) atoms. The molecule has 1 aromatic rings. The number of hydrogen-bond acceptors (Lipinski definition) is 3. The molecule has 1 aliphatic rings. The van der Waals surface area contributed by atoms with E-state index in [4.69, 9.17) is 9.84 Å². The van der Waals surface area contributed by atoms with Gasteiger partial charge in [-0.2, -0.15) is 0 Å². The largest absolute Gasteiger partial charge is 0.478 e. The van der Waals surface area contributed by atoms with Crippen molar-refractivity contribution < 1.29 is 19.4 Å². The van der Waals surface area contributed by atoms with Crippen molar-refractivity contribution in [3.05, 3.63) is 35.4 Å². The Balaban J connectivity index is 2.01. The van der Waals surface area contributed by atoms with Gasteiger partial charge in [-0.3, -0.25) is 4.79 Å². The first kappa shape index (κ1) is 15.5. The fraction of sp³-hybridized carbons (Fsp3) is 0.500. The van der Waals surface area contributed by atoms with Gasteiger partial charge in [0.1, 0.15) is 0 Å². The van der Waals surface area contributed by atoms with E-state index in [1.807, 2.05) is 0 Å². The maximum atomic E-state index is 12.2. The van der Waals surface area contributed by atoms with Crippen LogP contribution in [0.5, 0.6) is 0 Å². The van der Waals surface area contributed by atoms with Crippen molar-refractivity contribution >= 4 is 11.9 Å². The molecular weight excluding hydrogens is 270 g/mol. The zero-order valence-corrected chi connectivity index (χ0v) is 12.3. The number of carbonyl (C=O) groups excluding carboxylic acids is 1. The van der Waals surface area contributed by atoms with E-state index in [9.17, 15) is 9.59 Å². The van der Waals surface area contributed by atoms with Crippen LogP contribution in [-0.4, -0.2) is 35.7 Å². The molecule has 1 amide bonds. The second-order valence-electron chi connectivity index (χ2n) is 5.73. The summed E-state index contributed by atoms with van der Waals surface area (Å²) in [6.07, 6.45) is 1.74. The minimum Gasteiger partial charge on any atom is -0.478 e. The number of ether oxygens (including phenoxy) is 1. The van der Waals surface area contributed by atoms with Gasteiger partial charge in [-0.1, -0.05) is 19.9 Å². The maximum absolute atomic E-state index is 12.2. The second kappa shape index (κ2) is 6.72. The highest BCUT2D eigenvalue weighted by molar-refractivity contribution is 5.97. The van der Waals surface area contributed by atoms with Crippen molar-refractivity contribution in [2.45, 2.75) is 38.8 Å². The molecule has 1 aliphatic heterocycles. The van der Waals surface area contributed by atoms with Crippen LogP contribution in [0, 0.1) is 5.92 Å². The molecule has 2 unspecified atom stereocenters. The highest BCUT2D eigenvalue weighted by Crippen LogP contribution is 2.20. The quantitative estimate of drug-likeness (QED) is 0.892. The van der Waals surface area contributed by atoms with Gasteiger partial charge in [0.25, 0.3) is 5.91 Å². The maximum Gasteiger partial charge on any atom is 0.335 e. The summed E-state index contributed by atoms with van der Waals surface area (Å²) < 4.78 is 5.68. The minimum atomic E-state index is -1.03. The van der Waals surface area contributed by atoms with Gasteiger partial charge in [0.2, 0.25) is 0 Å². The molecule has 0 aliphatic carbocycles. The lowest BCUT2D eigenvalue weighted by molar-refractivity contribution is -0.0233. The van der Waals surface area contributed by atoms with E-state index in [2.05, 4.69) is 19.2 Å². The van der Waals surface area contributed by atoms with Crippen molar-refractivity contribution in [1.29, 1.82) is 0 Å². The van der Waals surface area contributed by atoms with Gasteiger partial charge < -0.3 is 15.2 Å². The molecular formula is C16H21NO4. The number of hydrogen-bond donors (Lipinski definition) is 2. The van der Waals surface area contributed by atoms with Crippen molar-refractivity contribution in [2.75, 3.05) is 6.61 Å². The fourth-order valence-electron chi connectivity index (χ4n) is 2.49. The highest BCUT2D eigenvalue weighted by Gasteiger charge is 2.26. The Labute approximate surface area is 124 Å². The molecule has 0 aromatic heterocycles. The lowest BCUT2D eigenvalue weighted by atomic mass is 9.95. The Hall–Kier alpha value is -1.88. The lowest BCUT2D eigenvalue weighted by Gasteiger charge is -2.32. The summed E-state index contributed by atoms with van der Waals surface area (Å²) in [6.45, 7) is 4.85. The zero-order chi connectivity index (χ0) is 15.4. The van der Waals surface area contributed by atoms with Crippen LogP contribution in [0.2, 0.25) is 0 Å². The van der Waals surface area contributed by atoms with Crippen molar-refractivity contribution in [1.82, 2.24) is 5.32 Å². The number of rotatable bonds is 4. The van der Waals surface area contributed by atoms with E-state index in [0.29, 0.717) is 18.1 Å². The van der Waals surface area contributed by atoms with Crippen LogP contribution in [0.3, 0.4) is 0 Å². The van der Waals surface area contributed by atoms with E-state index in [1.165, 1.54) is 12.1 Å². The van der Waals surface area contributed by atoms with E-state index in [1.54, 1.807) is 12.1 Å². The van der Waals surface area contributed by atoms with Crippen LogP contribution >= 0.6 is 0 Å². The van der Waals surface area contributed by atoms with Crippen LogP contribution in [0.1, 0.15) is 47.4 Å². The predicted molar refractivity (Wildman–Crippen MR) is 78.5 cm³/mol. The predicted octanol–water partition coefficient (Wildman–Crippen LogP) is 2.32. The lowest BCUT2D eigenvalue weighted by Crippen LogP contribution is -2.43. The summed E-state index contributed by atoms with van der Waals surface area (Å²) in [5.41, 5.74) is 0.497. The molecule has 0 spiro atoms. The van der Waals surface area contributed by atoms with Crippen LogP contribution in [0.4, 0.5) is 0 Å². The Bertz CT molecular complexity index is 527. The van der Waals surface area contributed by atoms with Crippen LogP contribution in [0.25, 0.3) is 0 Å². The van der Waals surface area contributed by atoms with Crippen molar-refractivity contribution in [3.8, 4) is 0 Å². The van der Waals surface area contributed by atoms with Gasteiger partial charge in [-0.05, 0) is 37.0 Å². The van der Waals surface area contributed by atoms with Gasteiger partial charge in [-0.25, -0.2) is 4.79 Å². The number of benzene rings is 1. The Morgan fingerprint density at radius 3 is 2.71 bits per heavy atom. The van der Waals surface area contributed by atoms with Gasteiger partial charge in [0.05, 0.1) is 11.7 Å². The van der Waals surface area contributed by atoms with Gasteiger partial charge in [-0.15, -0.1) is 0 Å². The molecule has 1 heterocycles. The van der Waals surface area contributed by atoms with E-state index in [-0.39, 0.29) is 23.6 Å². The molecule has 5 nitrogen and oxygen atoms in total. The molecule has 114 valence electrons. The SMILES string of the molecule is CC(C)C1CC(NC(=O)c2cccc(C(=O)O)c2)CCO1. The Morgan fingerprint density at radius 1 is 1.33 bits per heavy atom. The number of carboxylic acids is 1. The Kier molecular flexibility index (Phi) is 4.96. The number of carbonyl (C=O) groups is 2.